The minimum atomic E-state index is -1.62. The monoisotopic (exact) mass is 722 g/mol. The van der Waals surface area contributed by atoms with E-state index in [1.807, 2.05) is 26.8 Å². The molecule has 0 saturated carbocycles. The first-order chi connectivity index (χ1) is 24.2. The highest BCUT2D eigenvalue weighted by Gasteiger charge is 2.44. The first kappa shape index (κ1) is 42.3. The van der Waals surface area contributed by atoms with E-state index in [2.05, 4.69) is 10.6 Å². The van der Waals surface area contributed by atoms with Gasteiger partial charge in [0.1, 0.15) is 36.6 Å². The number of allylic oxidation sites excluding steroid dienone is 4. The van der Waals surface area contributed by atoms with Gasteiger partial charge in [-0.15, -0.1) is 0 Å². The normalized spacial score (nSPS) is 37.5. The molecule has 1 fully saturated rings. The smallest absolute Gasteiger partial charge is 0.251 e. The van der Waals surface area contributed by atoms with E-state index < -0.39 is 79.2 Å². The van der Waals surface area contributed by atoms with Crippen LogP contribution >= 0.6 is 0 Å². The van der Waals surface area contributed by atoms with Gasteiger partial charge in [0.2, 0.25) is 11.6 Å². The van der Waals surface area contributed by atoms with E-state index in [-0.39, 0.29) is 53.9 Å². The molecule has 2 heterocycles. The maximum Gasteiger partial charge on any atom is 0.251 e. The van der Waals surface area contributed by atoms with Gasteiger partial charge in [0.25, 0.3) is 5.91 Å². The zero-order chi connectivity index (χ0) is 38.0. The Balaban J connectivity index is 1.92. The maximum absolute atomic E-state index is 13.9. The Labute approximate surface area is 298 Å². The van der Waals surface area contributed by atoms with Crippen molar-refractivity contribution in [1.82, 2.24) is 10.6 Å². The van der Waals surface area contributed by atoms with Crippen molar-refractivity contribution in [3.8, 4) is 0 Å². The summed E-state index contributed by atoms with van der Waals surface area (Å²) in [4.78, 5) is 40.5. The summed E-state index contributed by atoms with van der Waals surface area (Å²) in [6, 6.07) is 0. The lowest BCUT2D eigenvalue weighted by Crippen LogP contribution is -2.59. The average Bonchev–Trinajstić information content (AvgIpc) is 3.10. The number of ketones is 2. The standard InChI is InChI=1S/C36H54N2O13/c1-18-13-22-28(37-11-12-50-36-33(45)32(44)31(43)27(17-39)51-36)24(40)16-23(30(22)42)38-35(46)19(2)9-8-10-25(47-5)34(49-7)21(4)15-20(3)29(41)26(14-18)48-6/h8-10,15-16,18,20,25-27,29,31-34,36-37,39,41,43-45H,11-14,17H2,1-7H3,(H,38,46)/b10-8+,19-9-,21-15-/t18-,20+,25+,26+,27-,29-,31-,32+,33-,34-,36-/m1/s1. The molecule has 1 aliphatic carbocycles. The van der Waals surface area contributed by atoms with Gasteiger partial charge in [-0.05, 0) is 38.2 Å². The van der Waals surface area contributed by atoms with Gasteiger partial charge in [-0.25, -0.2) is 0 Å². The van der Waals surface area contributed by atoms with Gasteiger partial charge >= 0.3 is 0 Å². The average molecular weight is 723 g/mol. The van der Waals surface area contributed by atoms with E-state index in [1.165, 1.54) is 14.2 Å². The summed E-state index contributed by atoms with van der Waals surface area (Å²) >= 11 is 0. The molecule has 7 N–H and O–H groups in total. The van der Waals surface area contributed by atoms with Crippen LogP contribution in [-0.2, 0) is 38.1 Å². The van der Waals surface area contributed by atoms with Gasteiger partial charge in [0.15, 0.2) is 6.29 Å². The van der Waals surface area contributed by atoms with E-state index in [9.17, 15) is 39.9 Å². The van der Waals surface area contributed by atoms with Gasteiger partial charge in [0, 0.05) is 51.0 Å². The van der Waals surface area contributed by atoms with Crippen molar-refractivity contribution >= 4 is 17.5 Å². The number of fused-ring (bicyclic) bond motifs is 2. The van der Waals surface area contributed by atoms with Crippen LogP contribution in [0.4, 0.5) is 0 Å². The lowest BCUT2D eigenvalue weighted by molar-refractivity contribution is -0.300. The number of nitrogens with one attached hydrogen (secondary N) is 2. The second-order valence-corrected chi connectivity index (χ2v) is 13.2. The van der Waals surface area contributed by atoms with Crippen LogP contribution in [0.1, 0.15) is 40.5 Å². The number of Topliss-reactive ketones (excluding diaryl/α,β-unsaturated/α-hetero) is 1. The van der Waals surface area contributed by atoms with Crippen LogP contribution in [-0.4, -0.2) is 139 Å². The third-order valence-corrected chi connectivity index (χ3v) is 9.34. The molecule has 15 heteroatoms. The molecule has 3 rings (SSSR count). The van der Waals surface area contributed by atoms with Crippen molar-refractivity contribution in [2.24, 2.45) is 11.8 Å². The molecule has 0 radical (unpaired) electrons. The summed E-state index contributed by atoms with van der Waals surface area (Å²) in [5.41, 5.74) is 0.976. The third-order valence-electron chi connectivity index (χ3n) is 9.34. The first-order valence-electron chi connectivity index (χ1n) is 17.0. The van der Waals surface area contributed by atoms with Crippen molar-refractivity contribution in [2.45, 2.75) is 95.7 Å². The molecule has 0 spiro atoms. The van der Waals surface area contributed by atoms with Crippen LogP contribution < -0.4 is 10.6 Å². The molecule has 0 aromatic heterocycles. The van der Waals surface area contributed by atoms with Crippen molar-refractivity contribution in [3.63, 3.8) is 0 Å². The lowest BCUT2D eigenvalue weighted by atomic mass is 9.85. The van der Waals surface area contributed by atoms with Crippen molar-refractivity contribution in [1.29, 1.82) is 0 Å². The fourth-order valence-electron chi connectivity index (χ4n) is 6.37. The predicted octanol–water partition coefficient (Wildman–Crippen LogP) is -0.281. The molecule has 11 atom stereocenters. The van der Waals surface area contributed by atoms with E-state index in [1.54, 1.807) is 32.3 Å². The fourth-order valence-corrected chi connectivity index (χ4v) is 6.37. The molecule has 2 aliphatic heterocycles. The summed E-state index contributed by atoms with van der Waals surface area (Å²) in [7, 11) is 4.58. The number of hydrogen-bond acceptors (Lipinski definition) is 14. The molecule has 0 unspecified atom stereocenters. The van der Waals surface area contributed by atoms with Gasteiger partial charge in [0.05, 0.1) is 36.8 Å². The zero-order valence-corrected chi connectivity index (χ0v) is 30.3. The lowest BCUT2D eigenvalue weighted by Gasteiger charge is -2.39. The highest BCUT2D eigenvalue weighted by Crippen LogP contribution is 2.29. The predicted molar refractivity (Wildman–Crippen MR) is 184 cm³/mol. The van der Waals surface area contributed by atoms with Crippen molar-refractivity contribution in [3.05, 3.63) is 58.5 Å². The number of rotatable bonds is 9. The molecule has 286 valence electrons. The number of carbonyl (C=O) groups excluding carboxylic acids is 3. The fraction of sp³-hybridized carbons (Fsp3) is 0.639. The van der Waals surface area contributed by atoms with E-state index in [4.69, 9.17) is 23.7 Å². The summed E-state index contributed by atoms with van der Waals surface area (Å²) in [5, 5.41) is 56.6. The first-order valence-corrected chi connectivity index (χ1v) is 17.0. The summed E-state index contributed by atoms with van der Waals surface area (Å²) in [6.07, 6.45) is -1.63. The van der Waals surface area contributed by atoms with Gasteiger partial charge in [-0.3, -0.25) is 14.4 Å². The molecule has 51 heavy (non-hydrogen) atoms. The number of hydrogen-bond donors (Lipinski definition) is 7. The molecule has 15 nitrogen and oxygen atoms in total. The highest BCUT2D eigenvalue weighted by atomic mass is 16.7. The molecule has 3 aliphatic rings. The SMILES string of the molecule is CO[C@H]1/C=C/C=C(/C)C(=O)NC2=CC(=O)C(NCCO[C@@H]3O[C@H](CO)[C@@H](O)[C@H](O)[C@H]3O)=C(C[C@@H](C)C[C@H](OC)[C@H](O)[C@@H](C)/C=C(/C)[C@H]1OC)C2=O. The molecule has 1 saturated heterocycles. The Bertz CT molecular complexity index is 1390. The van der Waals surface area contributed by atoms with Crippen molar-refractivity contribution < 1.29 is 63.6 Å². The topological polar surface area (TPSA) is 223 Å². The number of aliphatic hydroxyl groups excluding tert-OH is 5. The van der Waals surface area contributed by atoms with Crippen molar-refractivity contribution in [2.75, 3.05) is 41.1 Å². The number of aliphatic hydroxyl groups is 5. The van der Waals surface area contributed by atoms with Gasteiger partial charge < -0.3 is 59.9 Å². The number of ether oxygens (including phenoxy) is 5. The minimum Gasteiger partial charge on any atom is -0.394 e. The third kappa shape index (κ3) is 10.7. The number of methoxy groups -OCH3 is 3. The maximum atomic E-state index is 13.9. The number of amides is 1. The summed E-state index contributed by atoms with van der Waals surface area (Å²) in [6.45, 7) is 6.33. The largest absolute Gasteiger partial charge is 0.394 e. The molecule has 0 aromatic rings. The Morgan fingerprint density at radius 3 is 2.29 bits per heavy atom. The molecule has 0 aromatic carbocycles. The van der Waals surface area contributed by atoms with Crippen LogP contribution in [0.2, 0.25) is 0 Å². The Morgan fingerprint density at radius 1 is 0.961 bits per heavy atom. The van der Waals surface area contributed by atoms with Crippen LogP contribution in [0.5, 0.6) is 0 Å². The summed E-state index contributed by atoms with van der Waals surface area (Å²) in [5.74, 6) is -2.38. The second-order valence-electron chi connectivity index (χ2n) is 13.2. The summed E-state index contributed by atoms with van der Waals surface area (Å²) < 4.78 is 28.0. The van der Waals surface area contributed by atoms with E-state index >= 15 is 0 Å². The van der Waals surface area contributed by atoms with Crippen LogP contribution in [0.25, 0.3) is 0 Å². The van der Waals surface area contributed by atoms with Crippen LogP contribution in [0.15, 0.2) is 58.5 Å². The zero-order valence-electron chi connectivity index (χ0n) is 30.3. The quantitative estimate of drug-likeness (QED) is 0.0925. The minimum absolute atomic E-state index is 0.0130. The second kappa shape index (κ2) is 19.7. The molecule has 1 amide bonds. The Morgan fingerprint density at radius 2 is 1.67 bits per heavy atom. The Hall–Kier alpha value is -3.09. The van der Waals surface area contributed by atoms with Crippen LogP contribution in [0, 0.1) is 11.8 Å². The van der Waals surface area contributed by atoms with E-state index in [0.29, 0.717) is 6.42 Å². The van der Waals surface area contributed by atoms with Gasteiger partial charge in [-0.1, -0.05) is 38.2 Å². The van der Waals surface area contributed by atoms with Gasteiger partial charge in [-0.2, -0.15) is 0 Å². The molecular weight excluding hydrogens is 668 g/mol. The highest BCUT2D eigenvalue weighted by molar-refractivity contribution is 6.23. The Kier molecular flexibility index (Phi) is 16.3. The number of carbonyl (C=O) groups is 3. The van der Waals surface area contributed by atoms with Crippen LogP contribution in [0.3, 0.4) is 0 Å². The molecule has 2 bridgehead atoms. The molecular formula is C36H54N2O13. The van der Waals surface area contributed by atoms with E-state index in [0.717, 1.165) is 11.6 Å².